The first kappa shape index (κ1) is 30.4. The maximum Gasteiger partial charge on any atom is 0.253 e. The SMILES string of the molecule is C=N/C=C\N(C)c1ccc(C(=O)N2CCC(CCN3C4CCCC5CC543)(c3ccccc3)CC2)cc1.Cc1nc2ccccc2[nH]1. The summed E-state index contributed by atoms with van der Waals surface area (Å²) in [6, 6.07) is 27.9. The van der Waals surface area contributed by atoms with Gasteiger partial charge in [0.25, 0.3) is 5.91 Å². The predicted octanol–water partition coefficient (Wildman–Crippen LogP) is 7.36. The van der Waals surface area contributed by atoms with Crippen molar-refractivity contribution in [2.45, 2.75) is 68.9 Å². The molecule has 2 saturated heterocycles. The number of H-pyrrole nitrogens is 1. The third kappa shape index (κ3) is 5.77. The second-order valence-electron chi connectivity index (χ2n) is 13.7. The van der Waals surface area contributed by atoms with E-state index in [-0.39, 0.29) is 11.3 Å². The average molecular weight is 615 g/mol. The van der Waals surface area contributed by atoms with Gasteiger partial charge in [0, 0.05) is 55.4 Å². The molecule has 2 aliphatic heterocycles. The van der Waals surface area contributed by atoms with Gasteiger partial charge in [-0.1, -0.05) is 48.9 Å². The van der Waals surface area contributed by atoms with Crippen molar-refractivity contribution in [3.8, 4) is 0 Å². The molecule has 3 heterocycles. The average Bonchev–Trinajstić information content (AvgIpc) is 3.95. The smallest absolute Gasteiger partial charge is 0.253 e. The Kier molecular flexibility index (Phi) is 8.28. The van der Waals surface area contributed by atoms with Crippen LogP contribution in [0.4, 0.5) is 5.69 Å². The van der Waals surface area contributed by atoms with Crippen LogP contribution in [0.25, 0.3) is 11.0 Å². The minimum absolute atomic E-state index is 0.144. The molecule has 1 N–H and O–H groups in total. The number of fused-ring (bicyclic) bond motifs is 1. The zero-order valence-electron chi connectivity index (χ0n) is 27.2. The van der Waals surface area contributed by atoms with E-state index in [0.717, 1.165) is 66.0 Å². The highest BCUT2D eigenvalue weighted by Crippen LogP contribution is 2.70. The van der Waals surface area contributed by atoms with Crippen molar-refractivity contribution in [3.63, 3.8) is 0 Å². The van der Waals surface area contributed by atoms with E-state index in [2.05, 4.69) is 61.8 Å². The molecule has 1 amide bonds. The lowest BCUT2D eigenvalue weighted by Gasteiger charge is -2.43. The third-order valence-electron chi connectivity index (χ3n) is 11.2. The lowest BCUT2D eigenvalue weighted by molar-refractivity contribution is 0.0655. The molecule has 1 aromatic heterocycles. The number of aromatic amines is 1. The number of para-hydroxylation sites is 2. The highest BCUT2D eigenvalue weighted by Gasteiger charge is 2.76. The van der Waals surface area contributed by atoms with E-state index < -0.39 is 0 Å². The van der Waals surface area contributed by atoms with Gasteiger partial charge in [0.1, 0.15) is 5.82 Å². The van der Waals surface area contributed by atoms with Gasteiger partial charge in [-0.25, -0.2) is 4.98 Å². The molecule has 238 valence electrons. The first-order valence-corrected chi connectivity index (χ1v) is 16.9. The summed E-state index contributed by atoms with van der Waals surface area (Å²) in [5.41, 5.74) is 6.17. The van der Waals surface area contributed by atoms with Gasteiger partial charge in [-0.15, -0.1) is 0 Å². The molecule has 8 rings (SSSR count). The van der Waals surface area contributed by atoms with E-state index in [0.29, 0.717) is 5.54 Å². The Hall–Kier alpha value is -4.23. The Bertz CT molecular complexity index is 1670. The maximum atomic E-state index is 13.4. The second kappa shape index (κ2) is 12.5. The molecule has 7 heteroatoms. The van der Waals surface area contributed by atoms with Crippen molar-refractivity contribution in [2.24, 2.45) is 10.9 Å². The number of imidazole rings is 1. The Balaban J connectivity index is 0.000000286. The Morgan fingerprint density at radius 3 is 2.50 bits per heavy atom. The number of aryl methyl sites for hydroxylation is 1. The molecule has 2 aliphatic carbocycles. The maximum absolute atomic E-state index is 13.4. The van der Waals surface area contributed by atoms with Crippen molar-refractivity contribution in [2.75, 3.05) is 31.6 Å². The number of nitrogens with one attached hydrogen (secondary N) is 1. The Morgan fingerprint density at radius 2 is 1.78 bits per heavy atom. The molecule has 0 radical (unpaired) electrons. The number of carbonyl (C=O) groups is 1. The van der Waals surface area contributed by atoms with Crippen molar-refractivity contribution in [1.82, 2.24) is 19.8 Å². The van der Waals surface area contributed by atoms with Crippen LogP contribution in [0.3, 0.4) is 0 Å². The number of aliphatic imine (C=N–C) groups is 1. The van der Waals surface area contributed by atoms with Gasteiger partial charge in [-0.05, 0) is 112 Å². The summed E-state index contributed by atoms with van der Waals surface area (Å²) in [5, 5.41) is 0. The van der Waals surface area contributed by atoms with E-state index in [4.69, 9.17) is 0 Å². The summed E-state index contributed by atoms with van der Waals surface area (Å²) in [5.74, 6) is 2.11. The van der Waals surface area contributed by atoms with Gasteiger partial charge in [-0.2, -0.15) is 0 Å². The summed E-state index contributed by atoms with van der Waals surface area (Å²) < 4.78 is 0. The number of piperidine rings is 1. The van der Waals surface area contributed by atoms with Crippen LogP contribution >= 0.6 is 0 Å². The van der Waals surface area contributed by atoms with E-state index >= 15 is 0 Å². The van der Waals surface area contributed by atoms with Crippen LogP contribution in [-0.2, 0) is 5.41 Å². The van der Waals surface area contributed by atoms with Crippen LogP contribution in [0, 0.1) is 12.8 Å². The number of nitrogens with zero attached hydrogens (tertiary/aromatic N) is 5. The third-order valence-corrected chi connectivity index (χ3v) is 11.2. The van der Waals surface area contributed by atoms with Crippen LogP contribution in [-0.4, -0.2) is 70.7 Å². The molecule has 4 atom stereocenters. The molecule has 0 bridgehead atoms. The zero-order valence-corrected chi connectivity index (χ0v) is 27.2. The van der Waals surface area contributed by atoms with Crippen LogP contribution in [0.1, 0.15) is 66.7 Å². The van der Waals surface area contributed by atoms with Crippen LogP contribution in [0.2, 0.25) is 0 Å². The number of amides is 1. The van der Waals surface area contributed by atoms with Gasteiger partial charge in [0.05, 0.1) is 11.0 Å². The lowest BCUT2D eigenvalue weighted by Crippen LogP contribution is -2.46. The van der Waals surface area contributed by atoms with E-state index in [1.54, 1.807) is 6.20 Å². The standard InChI is InChI=1S/C31H38N4O.C8H8N2/c1-32-18-22-33(2)27-13-11-24(12-14-27)29(36)34-19-15-30(16-20-34,25-7-4-3-5-8-25)17-21-35-28-10-6-9-26-23-31(26,28)35;1-6-9-7-4-2-3-5-8(7)10-6/h3-5,7-8,11-14,18,22,26,28H,1,6,9-10,15-17,19-21,23H2,2H3;2-5H,1H3,(H,9,10)/b22-18-;. The van der Waals surface area contributed by atoms with Crippen molar-refractivity contribution in [1.29, 1.82) is 0 Å². The van der Waals surface area contributed by atoms with Gasteiger partial charge in [-0.3, -0.25) is 14.7 Å². The van der Waals surface area contributed by atoms with Crippen LogP contribution in [0.15, 0.2) is 96.3 Å². The van der Waals surface area contributed by atoms with Crippen LogP contribution < -0.4 is 4.90 Å². The normalized spacial score (nSPS) is 25.6. The molecule has 46 heavy (non-hydrogen) atoms. The number of hydrogen-bond acceptors (Lipinski definition) is 5. The largest absolute Gasteiger partial charge is 0.350 e. The van der Waals surface area contributed by atoms with E-state index in [1.807, 2.05) is 73.6 Å². The summed E-state index contributed by atoms with van der Waals surface area (Å²) in [6.45, 7) is 8.29. The highest BCUT2D eigenvalue weighted by molar-refractivity contribution is 5.94. The minimum atomic E-state index is 0.144. The number of aromatic nitrogens is 2. The highest BCUT2D eigenvalue weighted by atomic mass is 16.2. The Morgan fingerprint density at radius 1 is 1.04 bits per heavy atom. The summed E-state index contributed by atoms with van der Waals surface area (Å²) in [6.07, 6.45) is 12.5. The number of anilines is 1. The number of hydrogen-bond donors (Lipinski definition) is 1. The molecule has 7 nitrogen and oxygen atoms in total. The van der Waals surface area contributed by atoms with E-state index in [9.17, 15) is 4.79 Å². The fraction of sp³-hybridized carbons (Fsp3) is 0.410. The predicted molar refractivity (Wildman–Crippen MR) is 187 cm³/mol. The first-order chi connectivity index (χ1) is 22.4. The quantitative estimate of drug-likeness (QED) is 0.166. The number of carbonyl (C=O) groups excluding carboxylic acids is 1. The number of benzene rings is 3. The fourth-order valence-electron chi connectivity index (χ4n) is 8.53. The Labute approximate surface area is 273 Å². The monoisotopic (exact) mass is 614 g/mol. The number of likely N-dealkylation sites (tertiary alicyclic amines) is 2. The molecule has 4 aromatic rings. The summed E-state index contributed by atoms with van der Waals surface area (Å²) in [4.78, 5) is 31.4. The van der Waals surface area contributed by atoms with E-state index in [1.165, 1.54) is 44.2 Å². The molecule has 3 aromatic carbocycles. The molecule has 4 aliphatic rings. The van der Waals surface area contributed by atoms with Gasteiger partial charge in [0.15, 0.2) is 0 Å². The molecule has 1 spiro atoms. The fourth-order valence-corrected chi connectivity index (χ4v) is 8.53. The zero-order chi connectivity index (χ0) is 31.7. The topological polar surface area (TPSA) is 67.6 Å². The molecule has 4 unspecified atom stereocenters. The van der Waals surface area contributed by atoms with Crippen molar-refractivity contribution in [3.05, 3.63) is 108 Å². The van der Waals surface area contributed by atoms with Crippen molar-refractivity contribution >= 4 is 29.3 Å². The van der Waals surface area contributed by atoms with Gasteiger partial charge < -0.3 is 14.8 Å². The first-order valence-electron chi connectivity index (χ1n) is 16.9. The van der Waals surface area contributed by atoms with Gasteiger partial charge >= 0.3 is 0 Å². The van der Waals surface area contributed by atoms with Crippen LogP contribution in [0.5, 0.6) is 0 Å². The molecule has 2 saturated carbocycles. The summed E-state index contributed by atoms with van der Waals surface area (Å²) in [7, 11) is 1.96. The molecular formula is C39H46N6O. The minimum Gasteiger partial charge on any atom is -0.350 e. The number of rotatable bonds is 8. The second-order valence-corrected chi connectivity index (χ2v) is 13.7. The molecule has 4 fully saturated rings. The van der Waals surface area contributed by atoms with Crippen molar-refractivity contribution < 1.29 is 4.79 Å². The summed E-state index contributed by atoms with van der Waals surface area (Å²) >= 11 is 0. The molecular weight excluding hydrogens is 568 g/mol. The lowest BCUT2D eigenvalue weighted by atomic mass is 9.70. The van der Waals surface area contributed by atoms with Gasteiger partial charge in [0.2, 0.25) is 0 Å².